The Kier molecular flexibility index (Phi) is 4.40. The Bertz CT molecular complexity index is 558. The molecule has 0 radical (unpaired) electrons. The highest BCUT2D eigenvalue weighted by Gasteiger charge is 2.09. The molecule has 0 N–H and O–H groups in total. The molecule has 1 heterocycles. The standard InChI is InChI=1S/C14H13BrN2S/c1-17(10-13-3-2-6-18-13)14-5-4-11(8-15)7-12(14)9-16/h2-7H,8,10H2,1H3. The van der Waals surface area contributed by atoms with Crippen LogP contribution in [0.3, 0.4) is 0 Å². The predicted molar refractivity (Wildman–Crippen MR) is 80.2 cm³/mol. The number of thiophene rings is 1. The lowest BCUT2D eigenvalue weighted by molar-refractivity contribution is 0.937. The van der Waals surface area contributed by atoms with E-state index < -0.39 is 0 Å². The van der Waals surface area contributed by atoms with Crippen LogP contribution in [-0.2, 0) is 11.9 Å². The monoisotopic (exact) mass is 320 g/mol. The molecular weight excluding hydrogens is 308 g/mol. The third-order valence-corrected chi connectivity index (χ3v) is 4.23. The van der Waals surface area contributed by atoms with Crippen molar-refractivity contribution < 1.29 is 0 Å². The van der Waals surface area contributed by atoms with E-state index >= 15 is 0 Å². The fourth-order valence-electron chi connectivity index (χ4n) is 1.81. The molecule has 1 aromatic carbocycles. The van der Waals surface area contributed by atoms with Gasteiger partial charge < -0.3 is 4.90 Å². The van der Waals surface area contributed by atoms with Crippen LogP contribution in [0.1, 0.15) is 16.0 Å². The molecule has 4 heteroatoms. The number of nitrogens with zero attached hydrogens (tertiary/aromatic N) is 2. The van der Waals surface area contributed by atoms with Gasteiger partial charge in [0.2, 0.25) is 0 Å². The molecule has 0 aliphatic rings. The second kappa shape index (κ2) is 6.03. The van der Waals surface area contributed by atoms with E-state index in [4.69, 9.17) is 0 Å². The molecule has 0 saturated carbocycles. The Morgan fingerprint density at radius 1 is 1.39 bits per heavy atom. The summed E-state index contributed by atoms with van der Waals surface area (Å²) in [5, 5.41) is 12.1. The predicted octanol–water partition coefficient (Wildman–Crippen LogP) is 4.15. The van der Waals surface area contributed by atoms with Gasteiger partial charge in [-0.05, 0) is 29.1 Å². The van der Waals surface area contributed by atoms with Crippen LogP contribution in [0, 0.1) is 11.3 Å². The van der Waals surface area contributed by atoms with E-state index in [1.165, 1.54) is 4.88 Å². The van der Waals surface area contributed by atoms with Crippen molar-refractivity contribution in [2.24, 2.45) is 0 Å². The van der Waals surface area contributed by atoms with Gasteiger partial charge in [0.05, 0.1) is 17.8 Å². The van der Waals surface area contributed by atoms with Gasteiger partial charge in [0, 0.05) is 17.3 Å². The lowest BCUT2D eigenvalue weighted by atomic mass is 10.1. The lowest BCUT2D eigenvalue weighted by Gasteiger charge is -2.20. The largest absolute Gasteiger partial charge is 0.368 e. The summed E-state index contributed by atoms with van der Waals surface area (Å²) in [5.74, 6) is 0. The highest BCUT2D eigenvalue weighted by atomic mass is 79.9. The molecule has 0 atom stereocenters. The van der Waals surface area contributed by atoms with Crippen molar-refractivity contribution in [3.8, 4) is 6.07 Å². The normalized spacial score (nSPS) is 10.1. The van der Waals surface area contributed by atoms with Gasteiger partial charge in [0.1, 0.15) is 6.07 Å². The van der Waals surface area contributed by atoms with Gasteiger partial charge in [-0.1, -0.05) is 28.1 Å². The van der Waals surface area contributed by atoms with Crippen LogP contribution in [-0.4, -0.2) is 7.05 Å². The third-order valence-electron chi connectivity index (χ3n) is 2.72. The minimum atomic E-state index is 0.728. The summed E-state index contributed by atoms with van der Waals surface area (Å²) in [6, 6.07) is 12.4. The van der Waals surface area contributed by atoms with E-state index in [2.05, 4.69) is 44.4 Å². The van der Waals surface area contributed by atoms with Gasteiger partial charge in [-0.3, -0.25) is 0 Å². The fourth-order valence-corrected chi connectivity index (χ4v) is 2.92. The summed E-state index contributed by atoms with van der Waals surface area (Å²) in [6.07, 6.45) is 0. The molecule has 0 fully saturated rings. The first-order chi connectivity index (χ1) is 8.74. The number of rotatable bonds is 4. The number of halogens is 1. The number of hydrogen-bond donors (Lipinski definition) is 0. The molecule has 92 valence electrons. The van der Waals surface area contributed by atoms with Crippen LogP contribution in [0.2, 0.25) is 0 Å². The summed E-state index contributed by atoms with van der Waals surface area (Å²) in [6.45, 7) is 0.833. The summed E-state index contributed by atoms with van der Waals surface area (Å²) >= 11 is 5.14. The highest BCUT2D eigenvalue weighted by molar-refractivity contribution is 9.08. The van der Waals surface area contributed by atoms with Crippen LogP contribution < -0.4 is 4.90 Å². The molecule has 2 rings (SSSR count). The van der Waals surface area contributed by atoms with Crippen molar-refractivity contribution in [2.75, 3.05) is 11.9 Å². The molecule has 2 aromatic rings. The van der Waals surface area contributed by atoms with Crippen molar-refractivity contribution >= 4 is 33.0 Å². The Balaban J connectivity index is 2.24. The zero-order valence-electron chi connectivity index (χ0n) is 10.1. The molecule has 0 amide bonds. The minimum absolute atomic E-state index is 0.728. The molecule has 18 heavy (non-hydrogen) atoms. The van der Waals surface area contributed by atoms with Gasteiger partial charge in [0.15, 0.2) is 0 Å². The van der Waals surface area contributed by atoms with E-state index in [0.29, 0.717) is 0 Å². The zero-order valence-corrected chi connectivity index (χ0v) is 12.5. The molecule has 0 saturated heterocycles. The second-order valence-electron chi connectivity index (χ2n) is 4.03. The fraction of sp³-hybridized carbons (Fsp3) is 0.214. The van der Waals surface area contributed by atoms with Gasteiger partial charge in [0.25, 0.3) is 0 Å². The Morgan fingerprint density at radius 2 is 2.22 bits per heavy atom. The van der Waals surface area contributed by atoms with E-state index in [0.717, 1.165) is 28.7 Å². The average Bonchev–Trinajstić information content (AvgIpc) is 2.90. The highest BCUT2D eigenvalue weighted by Crippen LogP contribution is 2.24. The first-order valence-corrected chi connectivity index (χ1v) is 7.57. The van der Waals surface area contributed by atoms with Gasteiger partial charge in [-0.25, -0.2) is 0 Å². The number of nitriles is 1. The third kappa shape index (κ3) is 2.92. The molecule has 0 unspecified atom stereocenters. The quantitative estimate of drug-likeness (QED) is 0.791. The Hall–Kier alpha value is -1.31. The number of anilines is 1. The van der Waals surface area contributed by atoms with Gasteiger partial charge in [-0.15, -0.1) is 11.3 Å². The van der Waals surface area contributed by atoms with Crippen LogP contribution in [0.25, 0.3) is 0 Å². The van der Waals surface area contributed by atoms with E-state index in [1.54, 1.807) is 11.3 Å². The molecule has 1 aromatic heterocycles. The number of benzene rings is 1. The molecular formula is C14H13BrN2S. The maximum atomic E-state index is 9.22. The van der Waals surface area contributed by atoms with Crippen molar-refractivity contribution in [3.63, 3.8) is 0 Å². The zero-order chi connectivity index (χ0) is 13.0. The molecule has 2 nitrogen and oxygen atoms in total. The van der Waals surface area contributed by atoms with Gasteiger partial charge in [-0.2, -0.15) is 5.26 Å². The lowest BCUT2D eigenvalue weighted by Crippen LogP contribution is -2.16. The SMILES string of the molecule is CN(Cc1cccs1)c1ccc(CBr)cc1C#N. The van der Waals surface area contributed by atoms with Crippen LogP contribution in [0.5, 0.6) is 0 Å². The number of hydrogen-bond acceptors (Lipinski definition) is 3. The summed E-state index contributed by atoms with van der Waals surface area (Å²) < 4.78 is 0. The van der Waals surface area contributed by atoms with Crippen molar-refractivity contribution in [2.45, 2.75) is 11.9 Å². The van der Waals surface area contributed by atoms with E-state index in [1.807, 2.05) is 25.2 Å². The molecule has 0 spiro atoms. The minimum Gasteiger partial charge on any atom is -0.368 e. The van der Waals surface area contributed by atoms with E-state index in [9.17, 15) is 5.26 Å². The second-order valence-corrected chi connectivity index (χ2v) is 5.63. The smallest absolute Gasteiger partial charge is 0.101 e. The van der Waals surface area contributed by atoms with Crippen LogP contribution in [0.4, 0.5) is 5.69 Å². The first-order valence-electron chi connectivity index (χ1n) is 5.57. The number of alkyl halides is 1. The summed E-state index contributed by atoms with van der Waals surface area (Å²) in [5.41, 5.74) is 2.83. The molecule has 0 aliphatic carbocycles. The maximum Gasteiger partial charge on any atom is 0.101 e. The average molecular weight is 321 g/mol. The Morgan fingerprint density at radius 3 is 2.83 bits per heavy atom. The summed E-state index contributed by atoms with van der Waals surface area (Å²) in [7, 11) is 2.02. The maximum absolute atomic E-state index is 9.22. The van der Waals surface area contributed by atoms with Crippen LogP contribution in [0.15, 0.2) is 35.7 Å². The topological polar surface area (TPSA) is 27.0 Å². The van der Waals surface area contributed by atoms with Crippen molar-refractivity contribution in [1.82, 2.24) is 0 Å². The van der Waals surface area contributed by atoms with Crippen LogP contribution >= 0.6 is 27.3 Å². The summed E-state index contributed by atoms with van der Waals surface area (Å²) in [4.78, 5) is 3.41. The van der Waals surface area contributed by atoms with Crippen molar-refractivity contribution in [3.05, 3.63) is 51.7 Å². The Labute approximate surface area is 120 Å². The molecule has 0 aliphatic heterocycles. The van der Waals surface area contributed by atoms with Crippen molar-refractivity contribution in [1.29, 1.82) is 5.26 Å². The van der Waals surface area contributed by atoms with E-state index in [-0.39, 0.29) is 0 Å². The first kappa shape index (κ1) is 13.1. The molecule has 0 bridgehead atoms. The van der Waals surface area contributed by atoms with Gasteiger partial charge >= 0.3 is 0 Å².